The summed E-state index contributed by atoms with van der Waals surface area (Å²) in [6, 6.07) is 3.12. The van der Waals surface area contributed by atoms with Crippen molar-refractivity contribution in [2.75, 3.05) is 32.5 Å². The Kier molecular flexibility index (Phi) is 9.68. The van der Waals surface area contributed by atoms with Crippen LogP contribution >= 0.6 is 11.6 Å². The Morgan fingerprint density at radius 1 is 1.24 bits per heavy atom. The maximum atomic E-state index is 12.9. The Morgan fingerprint density at radius 3 is 2.70 bits per heavy atom. The molecular formula is C25H39ClN4O3. The van der Waals surface area contributed by atoms with Crippen molar-refractivity contribution in [2.24, 2.45) is 11.8 Å². The fourth-order valence-corrected chi connectivity index (χ4v) is 5.11. The molecule has 3 rings (SSSR count). The molecule has 8 heteroatoms. The van der Waals surface area contributed by atoms with Crippen LogP contribution in [0.25, 0.3) is 0 Å². The SMILES string of the molecule is CCCCC(NC(=O)C1CCCCC1)N1CC[C@H](CNC(=O)c2cc(Cl)c(N)cc2OC)C1. The van der Waals surface area contributed by atoms with E-state index in [-0.39, 0.29) is 23.9 Å². The minimum absolute atomic E-state index is 0.0797. The Balaban J connectivity index is 1.54. The minimum Gasteiger partial charge on any atom is -0.496 e. The third-order valence-electron chi connectivity index (χ3n) is 6.99. The van der Waals surface area contributed by atoms with Crippen LogP contribution in [0.4, 0.5) is 5.69 Å². The van der Waals surface area contributed by atoms with Gasteiger partial charge in [-0.1, -0.05) is 50.6 Å². The number of hydrogen-bond donors (Lipinski definition) is 3. The van der Waals surface area contributed by atoms with Gasteiger partial charge >= 0.3 is 0 Å². The van der Waals surface area contributed by atoms with Gasteiger partial charge in [0, 0.05) is 31.6 Å². The number of methoxy groups -OCH3 is 1. The number of amides is 2. The van der Waals surface area contributed by atoms with Crippen molar-refractivity contribution in [2.45, 2.75) is 70.9 Å². The number of anilines is 1. The lowest BCUT2D eigenvalue weighted by molar-refractivity contribution is -0.128. The molecule has 2 atom stereocenters. The zero-order valence-electron chi connectivity index (χ0n) is 20.0. The number of carbonyl (C=O) groups excluding carboxylic acids is 2. The summed E-state index contributed by atoms with van der Waals surface area (Å²) in [6.45, 7) is 4.54. The van der Waals surface area contributed by atoms with Gasteiger partial charge in [0.2, 0.25) is 5.91 Å². The predicted octanol–water partition coefficient (Wildman–Crippen LogP) is 4.20. The third kappa shape index (κ3) is 7.00. The van der Waals surface area contributed by atoms with Crippen LogP contribution in [-0.4, -0.2) is 49.6 Å². The summed E-state index contributed by atoms with van der Waals surface area (Å²) in [6.07, 6.45) is 9.82. The molecule has 33 heavy (non-hydrogen) atoms. The van der Waals surface area contributed by atoms with Crippen LogP contribution in [0.15, 0.2) is 12.1 Å². The molecule has 1 aromatic rings. The first-order valence-electron chi connectivity index (χ1n) is 12.4. The van der Waals surface area contributed by atoms with Gasteiger partial charge < -0.3 is 21.1 Å². The second-order valence-electron chi connectivity index (χ2n) is 9.44. The summed E-state index contributed by atoms with van der Waals surface area (Å²) in [4.78, 5) is 28.0. The van der Waals surface area contributed by atoms with Crippen LogP contribution in [0.1, 0.15) is 75.1 Å². The molecule has 1 aliphatic carbocycles. The van der Waals surface area contributed by atoms with Crippen molar-refractivity contribution in [3.8, 4) is 5.75 Å². The topological polar surface area (TPSA) is 96.7 Å². The van der Waals surface area contributed by atoms with E-state index in [2.05, 4.69) is 22.5 Å². The van der Waals surface area contributed by atoms with E-state index in [9.17, 15) is 9.59 Å². The number of unbranched alkanes of at least 4 members (excludes halogenated alkanes) is 1. The first kappa shape index (κ1) is 25.6. The molecule has 2 fully saturated rings. The fourth-order valence-electron chi connectivity index (χ4n) is 4.95. The molecular weight excluding hydrogens is 440 g/mol. The average molecular weight is 479 g/mol. The van der Waals surface area contributed by atoms with E-state index in [1.165, 1.54) is 13.5 Å². The molecule has 7 nitrogen and oxygen atoms in total. The van der Waals surface area contributed by atoms with Gasteiger partial charge in [-0.15, -0.1) is 0 Å². The third-order valence-corrected chi connectivity index (χ3v) is 7.32. The normalized spacial score (nSPS) is 20.4. The van der Waals surface area contributed by atoms with E-state index in [4.69, 9.17) is 22.1 Å². The van der Waals surface area contributed by atoms with Crippen molar-refractivity contribution < 1.29 is 14.3 Å². The van der Waals surface area contributed by atoms with E-state index >= 15 is 0 Å². The Morgan fingerprint density at radius 2 is 2.00 bits per heavy atom. The molecule has 1 heterocycles. The number of likely N-dealkylation sites (tertiary alicyclic amines) is 1. The van der Waals surface area contributed by atoms with Crippen molar-refractivity contribution in [1.29, 1.82) is 0 Å². The van der Waals surface area contributed by atoms with E-state index in [1.807, 2.05) is 0 Å². The van der Waals surface area contributed by atoms with E-state index < -0.39 is 0 Å². The van der Waals surface area contributed by atoms with Crippen LogP contribution in [-0.2, 0) is 4.79 Å². The van der Waals surface area contributed by atoms with Gasteiger partial charge in [-0.05, 0) is 37.7 Å². The van der Waals surface area contributed by atoms with Gasteiger partial charge in [0.15, 0.2) is 0 Å². The predicted molar refractivity (Wildman–Crippen MR) is 132 cm³/mol. The van der Waals surface area contributed by atoms with Gasteiger partial charge in [-0.3, -0.25) is 14.5 Å². The maximum absolute atomic E-state index is 12.9. The van der Waals surface area contributed by atoms with Gasteiger partial charge in [0.1, 0.15) is 5.75 Å². The molecule has 1 saturated heterocycles. The van der Waals surface area contributed by atoms with Crippen molar-refractivity contribution in [3.05, 3.63) is 22.7 Å². The Hall–Kier alpha value is -1.99. The molecule has 0 aromatic heterocycles. The molecule has 184 valence electrons. The molecule has 0 spiro atoms. The van der Waals surface area contributed by atoms with Crippen LogP contribution in [0.5, 0.6) is 5.75 Å². The number of ether oxygens (including phenoxy) is 1. The summed E-state index contributed by atoms with van der Waals surface area (Å²) in [5.74, 6) is 0.912. The number of carbonyl (C=O) groups is 2. The molecule has 1 saturated carbocycles. The van der Waals surface area contributed by atoms with Crippen LogP contribution < -0.4 is 21.1 Å². The molecule has 2 amide bonds. The number of nitrogen functional groups attached to an aromatic ring is 1. The van der Waals surface area contributed by atoms with E-state index in [0.29, 0.717) is 34.5 Å². The van der Waals surface area contributed by atoms with Gasteiger partial charge in [0.25, 0.3) is 5.91 Å². The molecule has 0 bridgehead atoms. The summed E-state index contributed by atoms with van der Waals surface area (Å²) in [5, 5.41) is 6.72. The summed E-state index contributed by atoms with van der Waals surface area (Å²) < 4.78 is 5.30. The van der Waals surface area contributed by atoms with Crippen LogP contribution in [0.3, 0.4) is 0 Å². The smallest absolute Gasteiger partial charge is 0.255 e. The zero-order valence-corrected chi connectivity index (χ0v) is 20.8. The first-order valence-corrected chi connectivity index (χ1v) is 12.8. The van der Waals surface area contributed by atoms with E-state index in [1.54, 1.807) is 12.1 Å². The summed E-state index contributed by atoms with van der Waals surface area (Å²) >= 11 is 6.11. The molecule has 0 radical (unpaired) electrons. The lowest BCUT2D eigenvalue weighted by Crippen LogP contribution is -2.49. The Bertz CT molecular complexity index is 813. The van der Waals surface area contributed by atoms with Crippen LogP contribution in [0.2, 0.25) is 5.02 Å². The summed E-state index contributed by atoms with van der Waals surface area (Å²) in [5.41, 5.74) is 6.58. The molecule has 1 unspecified atom stereocenters. The minimum atomic E-state index is -0.222. The number of benzene rings is 1. The number of rotatable bonds is 10. The largest absolute Gasteiger partial charge is 0.496 e. The quantitative estimate of drug-likeness (QED) is 0.438. The highest BCUT2D eigenvalue weighted by Crippen LogP contribution is 2.29. The summed E-state index contributed by atoms with van der Waals surface area (Å²) in [7, 11) is 1.51. The second kappa shape index (κ2) is 12.5. The number of hydrogen-bond acceptors (Lipinski definition) is 5. The van der Waals surface area contributed by atoms with Gasteiger partial charge in [-0.25, -0.2) is 0 Å². The molecule has 2 aliphatic rings. The average Bonchev–Trinajstić information content (AvgIpc) is 3.31. The highest BCUT2D eigenvalue weighted by Gasteiger charge is 2.31. The van der Waals surface area contributed by atoms with Crippen molar-refractivity contribution in [3.63, 3.8) is 0 Å². The van der Waals surface area contributed by atoms with Gasteiger partial charge in [-0.2, -0.15) is 0 Å². The highest BCUT2D eigenvalue weighted by molar-refractivity contribution is 6.33. The molecule has 1 aliphatic heterocycles. The lowest BCUT2D eigenvalue weighted by atomic mass is 9.88. The monoisotopic (exact) mass is 478 g/mol. The number of nitrogens with two attached hydrogens (primary N) is 1. The number of halogens is 1. The number of nitrogens with one attached hydrogen (secondary N) is 2. The molecule has 4 N–H and O–H groups in total. The standard InChI is InChI=1S/C25H39ClN4O3/c1-3-4-10-23(29-24(31)18-8-6-5-7-9-18)30-12-11-17(16-30)15-28-25(32)19-13-20(26)21(27)14-22(19)33-2/h13-14,17-18,23H,3-12,15-16,27H2,1-2H3,(H,28,32)(H,29,31)/t17-,23?/m1/s1. The van der Waals surface area contributed by atoms with Crippen molar-refractivity contribution in [1.82, 2.24) is 15.5 Å². The highest BCUT2D eigenvalue weighted by atomic mass is 35.5. The maximum Gasteiger partial charge on any atom is 0.255 e. The first-order chi connectivity index (χ1) is 15.9. The fraction of sp³-hybridized carbons (Fsp3) is 0.680. The molecule has 1 aromatic carbocycles. The number of nitrogens with zero attached hydrogens (tertiary/aromatic N) is 1. The van der Waals surface area contributed by atoms with Crippen molar-refractivity contribution >= 4 is 29.1 Å². The zero-order chi connectivity index (χ0) is 23.8. The van der Waals surface area contributed by atoms with Crippen LogP contribution in [0, 0.1) is 11.8 Å². The van der Waals surface area contributed by atoms with Gasteiger partial charge in [0.05, 0.1) is 29.5 Å². The van der Waals surface area contributed by atoms with E-state index in [0.717, 1.165) is 64.5 Å². The second-order valence-corrected chi connectivity index (χ2v) is 9.84. The Labute approximate surface area is 202 Å². The lowest BCUT2D eigenvalue weighted by Gasteiger charge is -2.31.